The molecular weight excluding hydrogens is 520 g/mol. The van der Waals surface area contributed by atoms with Crippen LogP contribution in [0.2, 0.25) is 0 Å². The van der Waals surface area contributed by atoms with E-state index in [4.69, 9.17) is 9.47 Å². The van der Waals surface area contributed by atoms with Crippen LogP contribution in [0.15, 0.2) is 84.9 Å². The molecule has 0 amide bonds. The molecule has 0 unspecified atom stereocenters. The molecule has 2 aliphatic rings. The number of fused-ring (bicyclic) bond motifs is 2. The van der Waals surface area contributed by atoms with Crippen LogP contribution in [-0.2, 0) is 9.47 Å². The Labute approximate surface area is 224 Å². The molecule has 0 spiro atoms. The van der Waals surface area contributed by atoms with Gasteiger partial charge in [-0.15, -0.1) is 0 Å². The topological polar surface area (TPSA) is 139 Å². The largest absolute Gasteiger partial charge is 0.423 e. The predicted molar refractivity (Wildman–Crippen MR) is 134 cm³/mol. The van der Waals surface area contributed by atoms with Crippen molar-refractivity contribution in [3.05, 3.63) is 118 Å². The normalized spacial score (nSPS) is 13.3. The van der Waals surface area contributed by atoms with E-state index in [1.807, 2.05) is 0 Å². The van der Waals surface area contributed by atoms with Gasteiger partial charge in [-0.25, -0.2) is 28.8 Å². The van der Waals surface area contributed by atoms with E-state index in [0.29, 0.717) is 11.1 Å². The third-order valence-corrected chi connectivity index (χ3v) is 6.21. The molecule has 2 aliphatic heterocycles. The maximum absolute atomic E-state index is 13.0. The molecular formula is C30H14O10. The molecule has 4 aromatic carbocycles. The molecule has 0 aliphatic carbocycles. The van der Waals surface area contributed by atoms with Crippen molar-refractivity contribution in [2.45, 2.75) is 0 Å². The number of ether oxygens (including phenoxy) is 4. The van der Waals surface area contributed by atoms with Gasteiger partial charge in [-0.3, -0.25) is 0 Å². The van der Waals surface area contributed by atoms with E-state index in [2.05, 4.69) is 9.47 Å². The third-order valence-electron chi connectivity index (χ3n) is 6.21. The maximum atomic E-state index is 13.0. The summed E-state index contributed by atoms with van der Waals surface area (Å²) >= 11 is 0. The van der Waals surface area contributed by atoms with Gasteiger partial charge in [-0.05, 0) is 60.2 Å². The second kappa shape index (κ2) is 9.44. The van der Waals surface area contributed by atoms with E-state index in [1.54, 1.807) is 30.3 Å². The zero-order valence-corrected chi connectivity index (χ0v) is 20.2. The van der Waals surface area contributed by atoms with Gasteiger partial charge >= 0.3 is 35.8 Å². The Morgan fingerprint density at radius 2 is 1.02 bits per heavy atom. The van der Waals surface area contributed by atoms with Crippen molar-refractivity contribution in [2.24, 2.45) is 0 Å². The van der Waals surface area contributed by atoms with E-state index >= 15 is 0 Å². The number of benzene rings is 4. The van der Waals surface area contributed by atoms with Gasteiger partial charge in [-0.2, -0.15) is 0 Å². The van der Waals surface area contributed by atoms with Crippen molar-refractivity contribution in [2.75, 3.05) is 0 Å². The van der Waals surface area contributed by atoms with Crippen molar-refractivity contribution < 1.29 is 47.7 Å². The van der Waals surface area contributed by atoms with Crippen molar-refractivity contribution in [3.63, 3.8) is 0 Å². The molecule has 2 heterocycles. The zero-order valence-electron chi connectivity index (χ0n) is 20.2. The zero-order chi connectivity index (χ0) is 28.0. The first-order valence-electron chi connectivity index (χ1n) is 11.7. The highest BCUT2D eigenvalue weighted by molar-refractivity contribution is 6.16. The van der Waals surface area contributed by atoms with Gasteiger partial charge in [0.25, 0.3) is 0 Å². The quantitative estimate of drug-likeness (QED) is 0.205. The van der Waals surface area contributed by atoms with Gasteiger partial charge in [-0.1, -0.05) is 30.3 Å². The Bertz CT molecular complexity index is 1800. The van der Waals surface area contributed by atoms with Gasteiger partial charge in [0.2, 0.25) is 0 Å². The standard InChI is InChI=1S/C30H14O10/c31-25(16-6-9-19-22(12-16)29(35)39-27(19)33)37-18-8-11-24(21(14-18)15-4-2-1-3-5-15)38-26(32)17-7-10-20-23(13-17)30(36)40-28(20)34/h1-14H. The minimum Gasteiger partial charge on any atom is -0.423 e. The van der Waals surface area contributed by atoms with E-state index in [9.17, 15) is 28.8 Å². The van der Waals surface area contributed by atoms with Gasteiger partial charge in [0, 0.05) is 5.56 Å². The summed E-state index contributed by atoms with van der Waals surface area (Å²) in [5, 5.41) is 0. The molecule has 10 heteroatoms. The number of rotatable bonds is 5. The SMILES string of the molecule is O=C(Oc1ccc(OC(=O)c2ccc3c(c2)C(=O)OC3=O)c(-c2ccccc2)c1)c1ccc2c(c1)C(=O)OC2=O. The molecule has 0 aromatic heterocycles. The lowest BCUT2D eigenvalue weighted by molar-refractivity contribution is 0.0425. The average molecular weight is 534 g/mol. The summed E-state index contributed by atoms with van der Waals surface area (Å²) in [6, 6.07) is 21.0. The van der Waals surface area contributed by atoms with E-state index < -0.39 is 35.8 Å². The van der Waals surface area contributed by atoms with Crippen molar-refractivity contribution in [1.29, 1.82) is 0 Å². The van der Waals surface area contributed by atoms with Crippen LogP contribution in [0.4, 0.5) is 0 Å². The van der Waals surface area contributed by atoms with Crippen LogP contribution >= 0.6 is 0 Å². The number of hydrogen-bond donors (Lipinski definition) is 0. The Kier molecular flexibility index (Phi) is 5.77. The minimum absolute atomic E-state index is 0.0218. The number of carbonyl (C=O) groups is 6. The lowest BCUT2D eigenvalue weighted by atomic mass is 10.0. The second-order valence-corrected chi connectivity index (χ2v) is 8.68. The molecule has 0 fully saturated rings. The third kappa shape index (κ3) is 4.29. The molecule has 0 bridgehead atoms. The van der Waals surface area contributed by atoms with E-state index in [0.717, 1.165) is 0 Å². The lowest BCUT2D eigenvalue weighted by Crippen LogP contribution is -2.11. The average Bonchev–Trinajstić information content (AvgIpc) is 3.42. The smallest absolute Gasteiger partial charge is 0.346 e. The molecule has 40 heavy (non-hydrogen) atoms. The van der Waals surface area contributed by atoms with E-state index in [-0.39, 0.29) is 44.9 Å². The number of carbonyl (C=O) groups excluding carboxylic acids is 6. The highest BCUT2D eigenvalue weighted by Gasteiger charge is 2.32. The summed E-state index contributed by atoms with van der Waals surface area (Å²) in [6.07, 6.45) is 0. The molecule has 4 aromatic rings. The number of cyclic esters (lactones) is 4. The van der Waals surface area contributed by atoms with Crippen molar-refractivity contribution in [3.8, 4) is 22.6 Å². The highest BCUT2D eigenvalue weighted by atomic mass is 16.6. The molecule has 194 valence electrons. The van der Waals surface area contributed by atoms with Crippen LogP contribution in [-0.4, -0.2) is 35.8 Å². The molecule has 10 nitrogen and oxygen atoms in total. The van der Waals surface area contributed by atoms with E-state index in [1.165, 1.54) is 54.6 Å². The fourth-order valence-corrected chi connectivity index (χ4v) is 4.25. The Balaban J connectivity index is 1.29. The van der Waals surface area contributed by atoms with Crippen LogP contribution in [0.3, 0.4) is 0 Å². The lowest BCUT2D eigenvalue weighted by Gasteiger charge is -2.13. The first kappa shape index (κ1) is 24.4. The molecule has 6 rings (SSSR count). The number of hydrogen-bond acceptors (Lipinski definition) is 10. The first-order chi connectivity index (χ1) is 19.3. The van der Waals surface area contributed by atoms with Crippen molar-refractivity contribution in [1.82, 2.24) is 0 Å². The van der Waals surface area contributed by atoms with Crippen LogP contribution in [0, 0.1) is 0 Å². The molecule has 0 saturated carbocycles. The molecule has 0 N–H and O–H groups in total. The monoisotopic (exact) mass is 534 g/mol. The summed E-state index contributed by atoms with van der Waals surface area (Å²) < 4.78 is 20.2. The summed E-state index contributed by atoms with van der Waals surface area (Å²) in [4.78, 5) is 72.9. The molecule has 0 atom stereocenters. The molecule has 0 radical (unpaired) electrons. The highest BCUT2D eigenvalue weighted by Crippen LogP contribution is 2.35. The second-order valence-electron chi connectivity index (χ2n) is 8.68. The Hall–Kier alpha value is -5.90. The number of esters is 6. The first-order valence-corrected chi connectivity index (χ1v) is 11.7. The Morgan fingerprint density at radius 3 is 1.60 bits per heavy atom. The molecule has 0 saturated heterocycles. The van der Waals surface area contributed by atoms with Crippen LogP contribution in [0.25, 0.3) is 11.1 Å². The fourth-order valence-electron chi connectivity index (χ4n) is 4.25. The van der Waals surface area contributed by atoms with Crippen molar-refractivity contribution >= 4 is 35.8 Å². The van der Waals surface area contributed by atoms with Crippen LogP contribution < -0.4 is 9.47 Å². The predicted octanol–water partition coefficient (Wildman–Crippen LogP) is 4.41. The Morgan fingerprint density at radius 1 is 0.500 bits per heavy atom. The summed E-state index contributed by atoms with van der Waals surface area (Å²) in [5.41, 5.74) is 1.16. The van der Waals surface area contributed by atoms with Gasteiger partial charge in [0.05, 0.1) is 33.4 Å². The van der Waals surface area contributed by atoms with Gasteiger partial charge in [0.1, 0.15) is 11.5 Å². The summed E-state index contributed by atoms with van der Waals surface area (Å²) in [7, 11) is 0. The van der Waals surface area contributed by atoms with Gasteiger partial charge in [0.15, 0.2) is 0 Å². The summed E-state index contributed by atoms with van der Waals surface area (Å²) in [5.74, 6) is -4.61. The van der Waals surface area contributed by atoms with Gasteiger partial charge < -0.3 is 18.9 Å². The fraction of sp³-hybridized carbons (Fsp3) is 0. The maximum Gasteiger partial charge on any atom is 0.346 e. The van der Waals surface area contributed by atoms with Crippen LogP contribution in [0.1, 0.15) is 62.1 Å². The summed E-state index contributed by atoms with van der Waals surface area (Å²) in [6.45, 7) is 0. The van der Waals surface area contributed by atoms with Crippen LogP contribution in [0.5, 0.6) is 11.5 Å². The minimum atomic E-state index is -0.849.